The molecule has 0 spiro atoms. The Morgan fingerprint density at radius 2 is 1.79 bits per heavy atom. The molecule has 0 unspecified atom stereocenters. The predicted molar refractivity (Wildman–Crippen MR) is 79.2 cm³/mol. The van der Waals surface area contributed by atoms with E-state index in [1.165, 1.54) is 32.1 Å². The first-order valence-electron chi connectivity index (χ1n) is 7.23. The van der Waals surface area contributed by atoms with Gasteiger partial charge >= 0.3 is 5.97 Å². The lowest BCUT2D eigenvalue weighted by atomic mass is 10.1. The Labute approximate surface area is 116 Å². The summed E-state index contributed by atoms with van der Waals surface area (Å²) in [5.74, 6) is 0.411. The summed E-state index contributed by atoms with van der Waals surface area (Å²) in [6, 6.07) is 9.18. The number of carbonyl (C=O) groups is 1. The molecule has 104 valence electrons. The summed E-state index contributed by atoms with van der Waals surface area (Å²) in [6.07, 6.45) is 11.8. The zero-order chi connectivity index (χ0) is 13.8. The summed E-state index contributed by atoms with van der Waals surface area (Å²) in [6.45, 7) is 2.22. The van der Waals surface area contributed by atoms with Crippen molar-refractivity contribution < 1.29 is 9.53 Å². The molecule has 0 bridgehead atoms. The smallest absolute Gasteiger partial charge is 0.315 e. The van der Waals surface area contributed by atoms with E-state index in [-0.39, 0.29) is 5.97 Å². The van der Waals surface area contributed by atoms with Gasteiger partial charge in [-0.3, -0.25) is 4.79 Å². The minimum Gasteiger partial charge on any atom is -0.426 e. The maximum Gasteiger partial charge on any atom is 0.315 e. The van der Waals surface area contributed by atoms with Crippen molar-refractivity contribution in [3.8, 4) is 5.75 Å². The zero-order valence-corrected chi connectivity index (χ0v) is 11.8. The molecular weight excluding hydrogens is 236 g/mol. The second kappa shape index (κ2) is 10.4. The van der Waals surface area contributed by atoms with Crippen molar-refractivity contribution in [3.63, 3.8) is 0 Å². The number of hydrogen-bond acceptors (Lipinski definition) is 2. The molecular formula is C17H24O2. The Bertz CT molecular complexity index is 368. The number of ether oxygens (including phenoxy) is 1. The Kier molecular flexibility index (Phi) is 8.45. The van der Waals surface area contributed by atoms with Crippen LogP contribution in [0.15, 0.2) is 42.5 Å². The van der Waals surface area contributed by atoms with E-state index in [2.05, 4.69) is 13.0 Å². The van der Waals surface area contributed by atoms with Gasteiger partial charge in [-0.05, 0) is 25.0 Å². The predicted octanol–water partition coefficient (Wildman–Crippen LogP) is 4.90. The van der Waals surface area contributed by atoms with E-state index in [0.29, 0.717) is 12.2 Å². The maximum absolute atomic E-state index is 11.5. The first-order valence-corrected chi connectivity index (χ1v) is 7.23. The van der Waals surface area contributed by atoms with Gasteiger partial charge in [-0.15, -0.1) is 0 Å². The third-order valence-corrected chi connectivity index (χ3v) is 2.90. The second-order valence-corrected chi connectivity index (χ2v) is 4.67. The molecule has 0 atom stereocenters. The van der Waals surface area contributed by atoms with Gasteiger partial charge in [0.1, 0.15) is 5.75 Å². The molecule has 0 saturated carbocycles. The lowest BCUT2D eigenvalue weighted by Crippen LogP contribution is -2.05. The average Bonchev–Trinajstić information content (AvgIpc) is 2.43. The summed E-state index contributed by atoms with van der Waals surface area (Å²) in [5, 5.41) is 0. The number of carbonyl (C=O) groups excluding carboxylic acids is 1. The number of rotatable bonds is 9. The van der Waals surface area contributed by atoms with Gasteiger partial charge < -0.3 is 4.74 Å². The highest BCUT2D eigenvalue weighted by Gasteiger charge is 2.00. The van der Waals surface area contributed by atoms with Crippen LogP contribution in [0.3, 0.4) is 0 Å². The molecule has 2 nitrogen and oxygen atoms in total. The van der Waals surface area contributed by atoms with Gasteiger partial charge in [0, 0.05) is 0 Å². The van der Waals surface area contributed by atoms with Crippen LogP contribution in [0.25, 0.3) is 0 Å². The number of hydrogen-bond donors (Lipinski definition) is 0. The summed E-state index contributed by atoms with van der Waals surface area (Å²) < 4.78 is 5.18. The fraction of sp³-hybridized carbons (Fsp3) is 0.471. The first kappa shape index (κ1) is 15.5. The molecule has 0 aliphatic carbocycles. The van der Waals surface area contributed by atoms with Crippen molar-refractivity contribution in [1.82, 2.24) is 0 Å². The topological polar surface area (TPSA) is 26.3 Å². The van der Waals surface area contributed by atoms with E-state index >= 15 is 0 Å². The van der Waals surface area contributed by atoms with E-state index in [9.17, 15) is 4.79 Å². The van der Waals surface area contributed by atoms with E-state index in [0.717, 1.165) is 6.42 Å². The third kappa shape index (κ3) is 8.20. The van der Waals surface area contributed by atoms with Crippen molar-refractivity contribution in [2.45, 2.75) is 51.9 Å². The minimum absolute atomic E-state index is 0.201. The Morgan fingerprint density at radius 1 is 1.05 bits per heavy atom. The van der Waals surface area contributed by atoms with Gasteiger partial charge in [0.2, 0.25) is 0 Å². The van der Waals surface area contributed by atoms with Crippen LogP contribution in [-0.4, -0.2) is 5.97 Å². The largest absolute Gasteiger partial charge is 0.426 e. The van der Waals surface area contributed by atoms with E-state index in [1.54, 1.807) is 12.1 Å². The summed E-state index contributed by atoms with van der Waals surface area (Å²) in [5.41, 5.74) is 0. The van der Waals surface area contributed by atoms with Crippen LogP contribution in [0.4, 0.5) is 0 Å². The number of allylic oxidation sites excluding steroid dienone is 1. The van der Waals surface area contributed by atoms with Crippen LogP contribution < -0.4 is 4.74 Å². The summed E-state index contributed by atoms with van der Waals surface area (Å²) >= 11 is 0. The van der Waals surface area contributed by atoms with Crippen molar-refractivity contribution in [2.75, 3.05) is 0 Å². The highest BCUT2D eigenvalue weighted by atomic mass is 16.5. The molecule has 1 aromatic carbocycles. The van der Waals surface area contributed by atoms with E-state index in [4.69, 9.17) is 4.74 Å². The monoisotopic (exact) mass is 260 g/mol. The van der Waals surface area contributed by atoms with Gasteiger partial charge in [0.05, 0.1) is 6.42 Å². The van der Waals surface area contributed by atoms with Crippen molar-refractivity contribution in [3.05, 3.63) is 42.5 Å². The highest BCUT2D eigenvalue weighted by molar-refractivity contribution is 5.73. The molecule has 0 N–H and O–H groups in total. The van der Waals surface area contributed by atoms with Gasteiger partial charge in [0.15, 0.2) is 0 Å². The van der Waals surface area contributed by atoms with Crippen LogP contribution in [0.1, 0.15) is 51.9 Å². The molecule has 0 aromatic heterocycles. The van der Waals surface area contributed by atoms with E-state index in [1.807, 2.05) is 24.3 Å². The van der Waals surface area contributed by atoms with Crippen LogP contribution in [-0.2, 0) is 4.79 Å². The lowest BCUT2D eigenvalue weighted by molar-refractivity contribution is -0.133. The quantitative estimate of drug-likeness (QED) is 0.273. The normalized spacial score (nSPS) is 10.8. The second-order valence-electron chi connectivity index (χ2n) is 4.67. The lowest BCUT2D eigenvalue weighted by Gasteiger charge is -2.01. The van der Waals surface area contributed by atoms with E-state index < -0.39 is 0 Å². The molecule has 1 rings (SSSR count). The number of unbranched alkanes of at least 4 members (excludes halogenated alkanes) is 5. The van der Waals surface area contributed by atoms with Gasteiger partial charge in [-0.25, -0.2) is 0 Å². The number of esters is 1. The Balaban J connectivity index is 2.06. The fourth-order valence-electron chi connectivity index (χ4n) is 1.82. The molecule has 1 aromatic rings. The highest BCUT2D eigenvalue weighted by Crippen LogP contribution is 2.09. The van der Waals surface area contributed by atoms with Crippen molar-refractivity contribution in [2.24, 2.45) is 0 Å². The molecule has 2 heteroatoms. The van der Waals surface area contributed by atoms with Crippen molar-refractivity contribution in [1.29, 1.82) is 0 Å². The molecule has 0 fully saturated rings. The van der Waals surface area contributed by atoms with Crippen LogP contribution in [0, 0.1) is 0 Å². The molecule has 0 aliphatic rings. The third-order valence-electron chi connectivity index (χ3n) is 2.90. The number of benzene rings is 1. The summed E-state index contributed by atoms with van der Waals surface area (Å²) in [7, 11) is 0. The number of para-hydroxylation sites is 1. The van der Waals surface area contributed by atoms with Crippen molar-refractivity contribution >= 4 is 5.97 Å². The minimum atomic E-state index is -0.201. The molecule has 0 amide bonds. The fourth-order valence-corrected chi connectivity index (χ4v) is 1.82. The maximum atomic E-state index is 11.5. The SMILES string of the molecule is CCCCCCCC=CCC(=O)Oc1ccccc1. The molecule has 19 heavy (non-hydrogen) atoms. The molecule has 0 aliphatic heterocycles. The zero-order valence-electron chi connectivity index (χ0n) is 11.8. The van der Waals surface area contributed by atoms with Crippen LogP contribution in [0.2, 0.25) is 0 Å². The molecule has 0 saturated heterocycles. The average molecular weight is 260 g/mol. The first-order chi connectivity index (χ1) is 9.33. The van der Waals surface area contributed by atoms with Gasteiger partial charge in [0.25, 0.3) is 0 Å². The van der Waals surface area contributed by atoms with Gasteiger partial charge in [-0.1, -0.05) is 63.0 Å². The standard InChI is InChI=1S/C17H24O2/c1-2-3-4-5-6-7-8-12-15-17(18)19-16-13-10-9-11-14-16/h8-14H,2-7,15H2,1H3. The van der Waals surface area contributed by atoms with Crippen LogP contribution in [0.5, 0.6) is 5.75 Å². The molecule has 0 heterocycles. The Hall–Kier alpha value is -1.57. The van der Waals surface area contributed by atoms with Gasteiger partial charge in [-0.2, -0.15) is 0 Å². The van der Waals surface area contributed by atoms with Crippen LogP contribution >= 0.6 is 0 Å². The Morgan fingerprint density at radius 3 is 2.53 bits per heavy atom. The summed E-state index contributed by atoms with van der Waals surface area (Å²) in [4.78, 5) is 11.5. The molecule has 0 radical (unpaired) electrons.